The van der Waals surface area contributed by atoms with Crippen LogP contribution in [0.1, 0.15) is 21.5 Å². The molecule has 1 amide bonds. The number of carbonyl (C=O) groups is 1. The SMILES string of the molecule is CN(CCc1ccncc1)c1cc(C(=O)NCc2ccc(Cl)cc2)ccn1. The maximum atomic E-state index is 12.4. The number of likely N-dealkylation sites (N-methyl/N-ethyl adjacent to an activating group) is 1. The van der Waals surface area contributed by atoms with Crippen molar-refractivity contribution in [3.63, 3.8) is 0 Å². The molecular formula is C21H21ClN4O. The number of anilines is 1. The van der Waals surface area contributed by atoms with Gasteiger partial charge in [0.05, 0.1) is 0 Å². The van der Waals surface area contributed by atoms with Crippen molar-refractivity contribution in [3.05, 3.63) is 88.8 Å². The molecular weight excluding hydrogens is 360 g/mol. The second-order valence-corrected chi connectivity index (χ2v) is 6.68. The zero-order valence-electron chi connectivity index (χ0n) is 15.1. The van der Waals surface area contributed by atoms with Gasteiger partial charge in [-0.15, -0.1) is 0 Å². The Balaban J connectivity index is 1.58. The fourth-order valence-corrected chi connectivity index (χ4v) is 2.74. The van der Waals surface area contributed by atoms with Crippen LogP contribution in [0.3, 0.4) is 0 Å². The van der Waals surface area contributed by atoms with E-state index in [1.165, 1.54) is 5.56 Å². The van der Waals surface area contributed by atoms with Crippen molar-refractivity contribution in [1.29, 1.82) is 0 Å². The Morgan fingerprint density at radius 1 is 1.04 bits per heavy atom. The lowest BCUT2D eigenvalue weighted by Crippen LogP contribution is -2.25. The summed E-state index contributed by atoms with van der Waals surface area (Å²) in [5, 5.41) is 3.60. The topological polar surface area (TPSA) is 58.1 Å². The highest BCUT2D eigenvalue weighted by Gasteiger charge is 2.09. The molecule has 27 heavy (non-hydrogen) atoms. The summed E-state index contributed by atoms with van der Waals surface area (Å²) in [6.07, 6.45) is 6.13. The molecule has 0 saturated heterocycles. The summed E-state index contributed by atoms with van der Waals surface area (Å²) in [6.45, 7) is 1.25. The first-order valence-corrected chi connectivity index (χ1v) is 9.08. The van der Waals surface area contributed by atoms with Gasteiger partial charge in [-0.3, -0.25) is 9.78 Å². The molecule has 1 N–H and O–H groups in total. The van der Waals surface area contributed by atoms with Crippen molar-refractivity contribution in [2.24, 2.45) is 0 Å². The van der Waals surface area contributed by atoms with Crippen LogP contribution < -0.4 is 10.2 Å². The molecule has 5 nitrogen and oxygen atoms in total. The van der Waals surface area contributed by atoms with Crippen LogP contribution in [-0.2, 0) is 13.0 Å². The molecule has 0 saturated carbocycles. The summed E-state index contributed by atoms with van der Waals surface area (Å²) in [5.41, 5.74) is 2.80. The Labute approximate surface area is 164 Å². The number of amides is 1. The molecule has 3 rings (SSSR count). The van der Waals surface area contributed by atoms with Crippen molar-refractivity contribution in [3.8, 4) is 0 Å². The van der Waals surface area contributed by atoms with Crippen molar-refractivity contribution in [1.82, 2.24) is 15.3 Å². The van der Waals surface area contributed by atoms with Gasteiger partial charge in [0.25, 0.3) is 5.91 Å². The van der Waals surface area contributed by atoms with Gasteiger partial charge in [0, 0.05) is 49.3 Å². The largest absolute Gasteiger partial charge is 0.359 e. The van der Waals surface area contributed by atoms with Crippen LogP contribution >= 0.6 is 11.6 Å². The first-order chi connectivity index (χ1) is 13.1. The summed E-state index contributed by atoms with van der Waals surface area (Å²) in [4.78, 5) is 22.9. The summed E-state index contributed by atoms with van der Waals surface area (Å²) in [6, 6.07) is 14.9. The van der Waals surface area contributed by atoms with E-state index in [9.17, 15) is 4.79 Å². The van der Waals surface area contributed by atoms with E-state index in [0.717, 1.165) is 24.3 Å². The number of nitrogens with zero attached hydrogens (tertiary/aromatic N) is 3. The lowest BCUT2D eigenvalue weighted by Gasteiger charge is -2.18. The highest BCUT2D eigenvalue weighted by molar-refractivity contribution is 6.30. The van der Waals surface area contributed by atoms with E-state index < -0.39 is 0 Å². The van der Waals surface area contributed by atoms with E-state index in [-0.39, 0.29) is 5.91 Å². The number of halogens is 1. The minimum absolute atomic E-state index is 0.129. The molecule has 1 aromatic carbocycles. The molecule has 138 valence electrons. The predicted octanol–water partition coefficient (Wildman–Crippen LogP) is 3.74. The minimum Gasteiger partial charge on any atom is -0.359 e. The van der Waals surface area contributed by atoms with Crippen LogP contribution in [0.25, 0.3) is 0 Å². The molecule has 0 bridgehead atoms. The van der Waals surface area contributed by atoms with Crippen LogP contribution in [0.2, 0.25) is 5.02 Å². The van der Waals surface area contributed by atoms with E-state index in [1.807, 2.05) is 54.4 Å². The van der Waals surface area contributed by atoms with Gasteiger partial charge >= 0.3 is 0 Å². The van der Waals surface area contributed by atoms with Gasteiger partial charge in [-0.05, 0) is 53.9 Å². The second kappa shape index (κ2) is 9.14. The quantitative estimate of drug-likeness (QED) is 0.678. The number of carbonyl (C=O) groups excluding carboxylic acids is 1. The molecule has 3 aromatic rings. The average Bonchev–Trinajstić information content (AvgIpc) is 2.72. The Morgan fingerprint density at radius 3 is 2.52 bits per heavy atom. The van der Waals surface area contributed by atoms with Crippen LogP contribution in [0.15, 0.2) is 67.1 Å². The maximum Gasteiger partial charge on any atom is 0.251 e. The molecule has 0 atom stereocenters. The van der Waals surface area contributed by atoms with Crippen LogP contribution in [0, 0.1) is 0 Å². The molecule has 0 aliphatic rings. The second-order valence-electron chi connectivity index (χ2n) is 6.24. The van der Waals surface area contributed by atoms with Gasteiger partial charge in [-0.25, -0.2) is 4.98 Å². The van der Waals surface area contributed by atoms with Gasteiger partial charge < -0.3 is 10.2 Å². The minimum atomic E-state index is -0.129. The van der Waals surface area contributed by atoms with Crippen LogP contribution in [-0.4, -0.2) is 29.5 Å². The molecule has 0 unspecified atom stereocenters. The van der Waals surface area contributed by atoms with E-state index in [0.29, 0.717) is 17.1 Å². The van der Waals surface area contributed by atoms with Crippen molar-refractivity contribution in [2.75, 3.05) is 18.5 Å². The Morgan fingerprint density at radius 2 is 1.78 bits per heavy atom. The van der Waals surface area contributed by atoms with E-state index in [2.05, 4.69) is 15.3 Å². The lowest BCUT2D eigenvalue weighted by molar-refractivity contribution is 0.0951. The third kappa shape index (κ3) is 5.53. The lowest BCUT2D eigenvalue weighted by atomic mass is 10.2. The van der Waals surface area contributed by atoms with E-state index in [1.54, 1.807) is 24.7 Å². The number of nitrogens with one attached hydrogen (secondary N) is 1. The van der Waals surface area contributed by atoms with Crippen molar-refractivity contribution in [2.45, 2.75) is 13.0 Å². The highest BCUT2D eigenvalue weighted by Crippen LogP contribution is 2.13. The van der Waals surface area contributed by atoms with Crippen LogP contribution in [0.5, 0.6) is 0 Å². The molecule has 2 aromatic heterocycles. The molecule has 6 heteroatoms. The molecule has 0 aliphatic carbocycles. The van der Waals surface area contributed by atoms with Gasteiger partial charge in [0.2, 0.25) is 0 Å². The summed E-state index contributed by atoms with van der Waals surface area (Å²) in [7, 11) is 1.97. The summed E-state index contributed by atoms with van der Waals surface area (Å²) < 4.78 is 0. The normalized spacial score (nSPS) is 10.4. The predicted molar refractivity (Wildman–Crippen MR) is 108 cm³/mol. The Kier molecular flexibility index (Phi) is 6.39. The number of pyridine rings is 2. The van der Waals surface area contributed by atoms with Gasteiger partial charge in [-0.1, -0.05) is 23.7 Å². The standard InChI is InChI=1S/C21H21ClN4O/c1-26(13-9-16-6-10-23-11-7-16)20-14-18(8-12-24-20)21(27)25-15-17-2-4-19(22)5-3-17/h2-8,10-12,14H,9,13,15H2,1H3,(H,25,27). The summed E-state index contributed by atoms with van der Waals surface area (Å²) >= 11 is 5.88. The third-order valence-corrected chi connectivity index (χ3v) is 4.50. The fourth-order valence-electron chi connectivity index (χ4n) is 2.62. The molecule has 2 heterocycles. The van der Waals surface area contributed by atoms with Gasteiger partial charge in [-0.2, -0.15) is 0 Å². The number of hydrogen-bond donors (Lipinski definition) is 1. The maximum absolute atomic E-state index is 12.4. The first-order valence-electron chi connectivity index (χ1n) is 8.70. The highest BCUT2D eigenvalue weighted by atomic mass is 35.5. The fraction of sp³-hybridized carbons (Fsp3) is 0.190. The number of benzene rings is 1. The monoisotopic (exact) mass is 380 g/mol. The first kappa shape index (κ1) is 18.9. The number of aromatic nitrogens is 2. The van der Waals surface area contributed by atoms with E-state index >= 15 is 0 Å². The number of hydrogen-bond acceptors (Lipinski definition) is 4. The van der Waals surface area contributed by atoms with Crippen molar-refractivity contribution >= 4 is 23.3 Å². The van der Waals surface area contributed by atoms with Crippen molar-refractivity contribution < 1.29 is 4.79 Å². The molecule has 0 spiro atoms. The smallest absolute Gasteiger partial charge is 0.251 e. The van der Waals surface area contributed by atoms with Gasteiger partial charge in [0.15, 0.2) is 0 Å². The molecule has 0 radical (unpaired) electrons. The molecule has 0 aliphatic heterocycles. The molecule has 0 fully saturated rings. The Hall–Kier alpha value is -2.92. The zero-order chi connectivity index (χ0) is 19.1. The average molecular weight is 381 g/mol. The Bertz CT molecular complexity index is 884. The van der Waals surface area contributed by atoms with Gasteiger partial charge in [0.1, 0.15) is 5.82 Å². The summed E-state index contributed by atoms with van der Waals surface area (Å²) in [5.74, 6) is 0.638. The van der Waals surface area contributed by atoms with E-state index in [4.69, 9.17) is 11.6 Å². The van der Waals surface area contributed by atoms with Crippen LogP contribution in [0.4, 0.5) is 5.82 Å². The third-order valence-electron chi connectivity index (χ3n) is 4.25. The number of rotatable bonds is 7. The zero-order valence-corrected chi connectivity index (χ0v) is 15.9.